The number of rotatable bonds is 3. The van der Waals surface area contributed by atoms with Gasteiger partial charge in [0.2, 0.25) is 0 Å². The topological polar surface area (TPSA) is 99.2 Å². The van der Waals surface area contributed by atoms with Gasteiger partial charge in [0.1, 0.15) is 18.5 Å². The van der Waals surface area contributed by atoms with E-state index < -0.39 is 0 Å². The summed E-state index contributed by atoms with van der Waals surface area (Å²) in [5.41, 5.74) is 2.26. The van der Waals surface area contributed by atoms with Crippen molar-refractivity contribution in [2.75, 3.05) is 5.32 Å². The predicted octanol–water partition coefficient (Wildman–Crippen LogP) is 1.23. The smallest absolute Gasteiger partial charge is 0.188 e. The average Bonchev–Trinajstić information content (AvgIpc) is 3.29. The van der Waals surface area contributed by atoms with E-state index in [0.29, 0.717) is 17.0 Å². The Labute approximate surface area is 142 Å². The van der Waals surface area contributed by atoms with Gasteiger partial charge in [0.25, 0.3) is 0 Å². The molecule has 4 aromatic rings. The summed E-state index contributed by atoms with van der Waals surface area (Å²) in [6, 6.07) is 10.0. The van der Waals surface area contributed by atoms with Crippen LogP contribution in [-0.4, -0.2) is 45.8 Å². The van der Waals surface area contributed by atoms with Gasteiger partial charge in [-0.1, -0.05) is 23.4 Å². The van der Waals surface area contributed by atoms with Crippen molar-refractivity contribution in [3.05, 3.63) is 48.8 Å². The highest BCUT2D eigenvalue weighted by Gasteiger charge is 2.22. The quantitative estimate of drug-likeness (QED) is 0.602. The lowest BCUT2D eigenvalue weighted by Crippen LogP contribution is -2.32. The Balaban J connectivity index is 1.48. The molecule has 5 rings (SSSR count). The molecule has 9 heteroatoms. The molecule has 1 atom stereocenters. The van der Waals surface area contributed by atoms with Crippen molar-refractivity contribution < 1.29 is 0 Å². The van der Waals surface area contributed by atoms with E-state index in [0.717, 1.165) is 30.9 Å². The summed E-state index contributed by atoms with van der Waals surface area (Å²) in [4.78, 5) is 13.0. The highest BCUT2D eigenvalue weighted by Crippen LogP contribution is 2.22. The van der Waals surface area contributed by atoms with Crippen molar-refractivity contribution in [3.63, 3.8) is 0 Å². The molecule has 0 fully saturated rings. The molecule has 0 bridgehead atoms. The van der Waals surface area contributed by atoms with Crippen LogP contribution in [0.15, 0.2) is 43.0 Å². The third-order valence-corrected chi connectivity index (χ3v) is 4.38. The Hall–Kier alpha value is -3.36. The number of nitrogens with one attached hydrogen (secondary N) is 1. The van der Waals surface area contributed by atoms with Gasteiger partial charge < -0.3 is 5.32 Å². The van der Waals surface area contributed by atoms with Crippen LogP contribution in [-0.2, 0) is 13.0 Å². The van der Waals surface area contributed by atoms with E-state index in [2.05, 4.69) is 35.7 Å². The van der Waals surface area contributed by atoms with Crippen molar-refractivity contribution in [1.29, 1.82) is 0 Å². The zero-order valence-corrected chi connectivity index (χ0v) is 13.3. The van der Waals surface area contributed by atoms with E-state index in [9.17, 15) is 0 Å². The number of hydrogen-bond acceptors (Lipinski definition) is 7. The SMILES string of the molecule is c1ccc(-n2nnc3c(NC4CCc5ncnn5C4)ncnc32)cc1. The first-order valence-corrected chi connectivity index (χ1v) is 8.13. The lowest BCUT2D eigenvalue weighted by Gasteiger charge is -2.23. The lowest BCUT2D eigenvalue weighted by atomic mass is 10.1. The second kappa shape index (κ2) is 5.62. The molecule has 0 spiro atoms. The van der Waals surface area contributed by atoms with Gasteiger partial charge in [-0.05, 0) is 18.6 Å². The third-order valence-electron chi connectivity index (χ3n) is 4.38. The third kappa shape index (κ3) is 2.40. The molecule has 1 aromatic carbocycles. The van der Waals surface area contributed by atoms with Gasteiger partial charge in [-0.2, -0.15) is 9.78 Å². The Morgan fingerprint density at radius 3 is 2.88 bits per heavy atom. The maximum absolute atomic E-state index is 4.37. The highest BCUT2D eigenvalue weighted by atomic mass is 15.4. The number of hydrogen-bond donors (Lipinski definition) is 1. The molecule has 3 aromatic heterocycles. The molecule has 0 radical (unpaired) electrons. The summed E-state index contributed by atoms with van der Waals surface area (Å²) in [6.07, 6.45) is 5.00. The molecular weight excluding hydrogens is 318 g/mol. The lowest BCUT2D eigenvalue weighted by molar-refractivity contribution is 0.441. The van der Waals surface area contributed by atoms with Crippen LogP contribution in [0.2, 0.25) is 0 Å². The maximum Gasteiger partial charge on any atom is 0.188 e. The number of benzene rings is 1. The van der Waals surface area contributed by atoms with Gasteiger partial charge in [0.15, 0.2) is 17.0 Å². The van der Waals surface area contributed by atoms with Gasteiger partial charge in [-0.25, -0.2) is 19.6 Å². The van der Waals surface area contributed by atoms with E-state index in [1.807, 2.05) is 35.0 Å². The largest absolute Gasteiger partial charge is 0.363 e. The van der Waals surface area contributed by atoms with Gasteiger partial charge in [0.05, 0.1) is 12.2 Å². The number of aromatic nitrogens is 8. The van der Waals surface area contributed by atoms with E-state index >= 15 is 0 Å². The Kier molecular flexibility index (Phi) is 3.15. The first kappa shape index (κ1) is 14.0. The molecular formula is C16H15N9. The van der Waals surface area contributed by atoms with E-state index in [-0.39, 0.29) is 6.04 Å². The first-order valence-electron chi connectivity index (χ1n) is 8.13. The Bertz CT molecular complexity index is 1020. The molecule has 4 heterocycles. The minimum atomic E-state index is 0.217. The molecule has 25 heavy (non-hydrogen) atoms. The van der Waals surface area contributed by atoms with Crippen molar-refractivity contribution >= 4 is 17.0 Å². The summed E-state index contributed by atoms with van der Waals surface area (Å²) in [7, 11) is 0. The second-order valence-corrected chi connectivity index (χ2v) is 5.97. The van der Waals surface area contributed by atoms with Crippen LogP contribution < -0.4 is 5.32 Å². The summed E-state index contributed by atoms with van der Waals surface area (Å²) >= 11 is 0. The van der Waals surface area contributed by atoms with E-state index in [4.69, 9.17) is 0 Å². The number of para-hydroxylation sites is 1. The second-order valence-electron chi connectivity index (χ2n) is 5.97. The Morgan fingerprint density at radius 1 is 1.04 bits per heavy atom. The van der Waals surface area contributed by atoms with Crippen LogP contribution in [0.4, 0.5) is 5.82 Å². The molecule has 0 aliphatic carbocycles. The van der Waals surface area contributed by atoms with Gasteiger partial charge in [0, 0.05) is 12.5 Å². The van der Waals surface area contributed by atoms with Gasteiger partial charge in [-0.3, -0.25) is 0 Å². The number of anilines is 1. The van der Waals surface area contributed by atoms with Crippen molar-refractivity contribution in [2.24, 2.45) is 0 Å². The van der Waals surface area contributed by atoms with Crippen LogP contribution in [0.25, 0.3) is 16.9 Å². The monoisotopic (exact) mass is 333 g/mol. The molecule has 1 aliphatic heterocycles. The van der Waals surface area contributed by atoms with Gasteiger partial charge in [-0.15, -0.1) is 5.10 Å². The molecule has 1 N–H and O–H groups in total. The van der Waals surface area contributed by atoms with Crippen molar-refractivity contribution in [3.8, 4) is 5.69 Å². The highest BCUT2D eigenvalue weighted by molar-refractivity contribution is 5.83. The molecule has 9 nitrogen and oxygen atoms in total. The normalized spacial score (nSPS) is 16.7. The van der Waals surface area contributed by atoms with Crippen LogP contribution in [0.3, 0.4) is 0 Å². The number of aryl methyl sites for hydroxylation is 1. The fourth-order valence-electron chi connectivity index (χ4n) is 3.15. The Morgan fingerprint density at radius 2 is 1.96 bits per heavy atom. The zero-order chi connectivity index (χ0) is 16.6. The summed E-state index contributed by atoms with van der Waals surface area (Å²) < 4.78 is 3.65. The molecule has 0 saturated carbocycles. The molecule has 1 aliphatic rings. The summed E-state index contributed by atoms with van der Waals surface area (Å²) in [5, 5.41) is 16.2. The molecule has 124 valence electrons. The fourth-order valence-corrected chi connectivity index (χ4v) is 3.15. The maximum atomic E-state index is 4.37. The first-order chi connectivity index (χ1) is 12.4. The van der Waals surface area contributed by atoms with Gasteiger partial charge >= 0.3 is 0 Å². The van der Waals surface area contributed by atoms with Crippen LogP contribution in [0, 0.1) is 0 Å². The van der Waals surface area contributed by atoms with Crippen molar-refractivity contribution in [1.82, 2.24) is 39.7 Å². The number of nitrogens with zero attached hydrogens (tertiary/aromatic N) is 8. The minimum Gasteiger partial charge on any atom is -0.363 e. The zero-order valence-electron chi connectivity index (χ0n) is 13.3. The fraction of sp³-hybridized carbons (Fsp3) is 0.250. The van der Waals surface area contributed by atoms with Crippen LogP contribution in [0.1, 0.15) is 12.2 Å². The molecule has 1 unspecified atom stereocenters. The predicted molar refractivity (Wildman–Crippen MR) is 90.2 cm³/mol. The summed E-state index contributed by atoms with van der Waals surface area (Å²) in [5.74, 6) is 1.72. The van der Waals surface area contributed by atoms with Crippen LogP contribution >= 0.6 is 0 Å². The standard InChI is InChI=1S/C16H15N9/c1-2-4-12(5-3-1)25-16-14(22-23-25)15(18-9-19-16)21-11-6-7-13-17-10-20-24(13)8-11/h1-5,9-11H,6-8H2,(H,18,19,21). The summed E-state index contributed by atoms with van der Waals surface area (Å²) in [6.45, 7) is 0.758. The average molecular weight is 333 g/mol. The molecule has 0 amide bonds. The minimum absolute atomic E-state index is 0.217. The van der Waals surface area contributed by atoms with E-state index in [1.165, 1.54) is 6.33 Å². The number of fused-ring (bicyclic) bond motifs is 2. The van der Waals surface area contributed by atoms with Crippen molar-refractivity contribution in [2.45, 2.75) is 25.4 Å². The van der Waals surface area contributed by atoms with E-state index in [1.54, 1.807) is 11.0 Å². The van der Waals surface area contributed by atoms with Crippen LogP contribution in [0.5, 0.6) is 0 Å². The molecule has 0 saturated heterocycles.